The summed E-state index contributed by atoms with van der Waals surface area (Å²) in [6.45, 7) is 0. The number of Topliss-reactive ketones (excluding diaryl/α,β-unsaturated/α-hetero) is 1. The van der Waals surface area contributed by atoms with Crippen LogP contribution < -0.4 is 14.2 Å². The number of nitrogens with zero attached hydrogens (tertiary/aromatic N) is 1. The number of fused-ring (bicyclic) bond motifs is 3. The van der Waals surface area contributed by atoms with Gasteiger partial charge in [-0.15, -0.1) is 0 Å². The molecule has 2 aromatic carbocycles. The molecule has 0 saturated heterocycles. The summed E-state index contributed by atoms with van der Waals surface area (Å²) in [5.41, 5.74) is 2.91. The molecule has 30 heavy (non-hydrogen) atoms. The summed E-state index contributed by atoms with van der Waals surface area (Å²) < 4.78 is 16.7. The monoisotopic (exact) mass is 399 g/mol. The number of pyridine rings is 1. The molecule has 148 valence electrons. The van der Waals surface area contributed by atoms with Gasteiger partial charge in [0.05, 0.1) is 19.1 Å². The summed E-state index contributed by atoms with van der Waals surface area (Å²) in [6.07, 6.45) is 5.23. The number of rotatable bonds is 3. The number of ether oxygens (including phenoxy) is 3. The quantitative estimate of drug-likeness (QED) is 0.374. The number of hydrogen-bond donors (Lipinski definition) is 0. The molecule has 6 nitrogen and oxygen atoms in total. The van der Waals surface area contributed by atoms with Crippen molar-refractivity contribution in [1.82, 2.24) is 4.98 Å². The standard InChI is InChI=1S/C24H17NO5/c1-28-16-4-2-14(3-5-16)12-20-23(27)17-6-7-19-22(24(17)30-20)18(13-21(26)29-19)15-8-10-25-11-9-15/h2-12,18H,13H2,1H3. The van der Waals surface area contributed by atoms with E-state index in [4.69, 9.17) is 14.2 Å². The number of aromatic nitrogens is 1. The summed E-state index contributed by atoms with van der Waals surface area (Å²) in [5, 5.41) is 0. The van der Waals surface area contributed by atoms with Crippen LogP contribution in [0.2, 0.25) is 0 Å². The van der Waals surface area contributed by atoms with Gasteiger partial charge in [0.15, 0.2) is 5.76 Å². The smallest absolute Gasteiger partial charge is 0.312 e. The molecule has 3 aromatic rings. The number of methoxy groups -OCH3 is 1. The minimum Gasteiger partial charge on any atom is -0.497 e. The first kappa shape index (κ1) is 18.1. The van der Waals surface area contributed by atoms with Gasteiger partial charge < -0.3 is 14.2 Å². The Morgan fingerprint density at radius 3 is 2.50 bits per heavy atom. The second-order valence-corrected chi connectivity index (χ2v) is 7.08. The van der Waals surface area contributed by atoms with E-state index in [0.717, 1.165) is 16.9 Å². The first-order chi connectivity index (χ1) is 14.6. The third kappa shape index (κ3) is 3.03. The second kappa shape index (κ2) is 7.15. The number of carbonyl (C=O) groups is 2. The average Bonchev–Trinajstić information content (AvgIpc) is 3.09. The summed E-state index contributed by atoms with van der Waals surface area (Å²) in [7, 11) is 1.60. The first-order valence-corrected chi connectivity index (χ1v) is 9.50. The normalized spacial score (nSPS) is 18.4. The lowest BCUT2D eigenvalue weighted by molar-refractivity contribution is -0.135. The highest BCUT2D eigenvalue weighted by atomic mass is 16.5. The van der Waals surface area contributed by atoms with E-state index in [9.17, 15) is 9.59 Å². The van der Waals surface area contributed by atoms with Crippen molar-refractivity contribution in [2.75, 3.05) is 7.11 Å². The van der Waals surface area contributed by atoms with Crippen LogP contribution in [0.1, 0.15) is 39.4 Å². The van der Waals surface area contributed by atoms with Gasteiger partial charge in [-0.25, -0.2) is 0 Å². The molecule has 0 fully saturated rings. The lowest BCUT2D eigenvalue weighted by Gasteiger charge is -2.26. The number of benzene rings is 2. The fraction of sp³-hybridized carbons (Fsp3) is 0.125. The van der Waals surface area contributed by atoms with Crippen LogP contribution in [0.25, 0.3) is 6.08 Å². The zero-order valence-corrected chi connectivity index (χ0v) is 16.1. The van der Waals surface area contributed by atoms with Gasteiger partial charge >= 0.3 is 5.97 Å². The predicted octanol–water partition coefficient (Wildman–Crippen LogP) is 4.15. The maximum Gasteiger partial charge on any atom is 0.312 e. The molecule has 3 heterocycles. The van der Waals surface area contributed by atoms with Gasteiger partial charge in [0.2, 0.25) is 5.78 Å². The molecule has 1 aromatic heterocycles. The van der Waals surface area contributed by atoms with E-state index in [1.165, 1.54) is 0 Å². The number of carbonyl (C=O) groups excluding carboxylic acids is 2. The maximum absolute atomic E-state index is 13.0. The Labute approximate surface area is 172 Å². The van der Waals surface area contributed by atoms with E-state index in [0.29, 0.717) is 22.6 Å². The molecule has 0 amide bonds. The Morgan fingerprint density at radius 2 is 1.77 bits per heavy atom. The van der Waals surface area contributed by atoms with Gasteiger partial charge in [-0.2, -0.15) is 0 Å². The molecule has 5 rings (SSSR count). The van der Waals surface area contributed by atoms with E-state index >= 15 is 0 Å². The van der Waals surface area contributed by atoms with E-state index in [2.05, 4.69) is 4.98 Å². The third-order valence-corrected chi connectivity index (χ3v) is 5.30. The largest absolute Gasteiger partial charge is 0.497 e. The number of esters is 1. The number of ketones is 1. The number of hydrogen-bond acceptors (Lipinski definition) is 6. The van der Waals surface area contributed by atoms with Crippen molar-refractivity contribution in [3.8, 4) is 17.2 Å². The van der Waals surface area contributed by atoms with Crippen molar-refractivity contribution in [3.05, 3.63) is 88.9 Å². The molecule has 2 aliphatic rings. The predicted molar refractivity (Wildman–Crippen MR) is 109 cm³/mol. The summed E-state index contributed by atoms with van der Waals surface area (Å²) in [4.78, 5) is 29.2. The van der Waals surface area contributed by atoms with Crippen LogP contribution in [0.4, 0.5) is 0 Å². The van der Waals surface area contributed by atoms with Crippen LogP contribution in [-0.2, 0) is 4.79 Å². The second-order valence-electron chi connectivity index (χ2n) is 7.08. The van der Waals surface area contributed by atoms with Crippen molar-refractivity contribution < 1.29 is 23.8 Å². The highest BCUT2D eigenvalue weighted by Crippen LogP contribution is 2.48. The van der Waals surface area contributed by atoms with E-state index in [-0.39, 0.29) is 29.9 Å². The fourth-order valence-corrected chi connectivity index (χ4v) is 3.84. The van der Waals surface area contributed by atoms with E-state index in [1.807, 2.05) is 36.4 Å². The van der Waals surface area contributed by atoms with Crippen LogP contribution >= 0.6 is 0 Å². The van der Waals surface area contributed by atoms with Crippen molar-refractivity contribution in [2.45, 2.75) is 12.3 Å². The van der Waals surface area contributed by atoms with Crippen LogP contribution in [0.5, 0.6) is 17.2 Å². The summed E-state index contributed by atoms with van der Waals surface area (Å²) in [6, 6.07) is 14.4. The molecule has 0 spiro atoms. The molecular formula is C24H17NO5. The molecular weight excluding hydrogens is 382 g/mol. The molecule has 0 radical (unpaired) electrons. The Bertz CT molecular complexity index is 1180. The topological polar surface area (TPSA) is 74.7 Å². The average molecular weight is 399 g/mol. The molecule has 0 N–H and O–H groups in total. The van der Waals surface area contributed by atoms with Gasteiger partial charge in [-0.3, -0.25) is 14.6 Å². The van der Waals surface area contributed by atoms with Crippen LogP contribution in [0.15, 0.2) is 66.7 Å². The van der Waals surface area contributed by atoms with Crippen LogP contribution in [0.3, 0.4) is 0 Å². The molecule has 0 bridgehead atoms. The highest BCUT2D eigenvalue weighted by molar-refractivity contribution is 6.15. The lowest BCUT2D eigenvalue weighted by atomic mass is 9.85. The molecule has 0 saturated carbocycles. The highest BCUT2D eigenvalue weighted by Gasteiger charge is 2.38. The Balaban J connectivity index is 1.58. The van der Waals surface area contributed by atoms with Gasteiger partial charge in [0, 0.05) is 23.9 Å². The minimum atomic E-state index is -0.317. The summed E-state index contributed by atoms with van der Waals surface area (Å²) in [5.74, 6) is 1.05. The van der Waals surface area contributed by atoms with Gasteiger partial charge in [0.1, 0.15) is 17.2 Å². The zero-order chi connectivity index (χ0) is 20.7. The van der Waals surface area contributed by atoms with Gasteiger partial charge in [-0.05, 0) is 53.6 Å². The van der Waals surface area contributed by atoms with Gasteiger partial charge in [-0.1, -0.05) is 12.1 Å². The zero-order valence-electron chi connectivity index (χ0n) is 16.1. The van der Waals surface area contributed by atoms with Crippen LogP contribution in [-0.4, -0.2) is 23.8 Å². The van der Waals surface area contributed by atoms with Crippen molar-refractivity contribution in [3.63, 3.8) is 0 Å². The SMILES string of the molecule is COc1ccc(C=C2Oc3c(ccc4c3C(c3ccncc3)CC(=O)O4)C2=O)cc1. The Kier molecular flexibility index (Phi) is 4.32. The lowest BCUT2D eigenvalue weighted by Crippen LogP contribution is -2.21. The van der Waals surface area contributed by atoms with E-state index in [1.54, 1.807) is 37.7 Å². The van der Waals surface area contributed by atoms with Crippen molar-refractivity contribution >= 4 is 17.8 Å². The third-order valence-electron chi connectivity index (χ3n) is 5.30. The summed E-state index contributed by atoms with van der Waals surface area (Å²) >= 11 is 0. The molecule has 6 heteroatoms. The minimum absolute atomic E-state index is 0.169. The Morgan fingerprint density at radius 1 is 1.00 bits per heavy atom. The number of allylic oxidation sites excluding steroid dienone is 1. The van der Waals surface area contributed by atoms with Gasteiger partial charge in [0.25, 0.3) is 0 Å². The molecule has 1 atom stereocenters. The fourth-order valence-electron chi connectivity index (χ4n) is 3.84. The van der Waals surface area contributed by atoms with E-state index < -0.39 is 0 Å². The molecule has 1 unspecified atom stereocenters. The van der Waals surface area contributed by atoms with Crippen LogP contribution in [0, 0.1) is 0 Å². The molecule has 0 aliphatic carbocycles. The van der Waals surface area contributed by atoms with Crippen molar-refractivity contribution in [1.29, 1.82) is 0 Å². The molecule has 2 aliphatic heterocycles. The van der Waals surface area contributed by atoms with Crippen molar-refractivity contribution in [2.24, 2.45) is 0 Å². The first-order valence-electron chi connectivity index (χ1n) is 9.50. The maximum atomic E-state index is 13.0. The Hall–Kier alpha value is -3.93.